The van der Waals surface area contributed by atoms with Gasteiger partial charge in [0.05, 0.1) is 12.5 Å². The summed E-state index contributed by atoms with van der Waals surface area (Å²) in [6, 6.07) is 11.4. The van der Waals surface area contributed by atoms with Crippen LogP contribution in [-0.2, 0) is 22.6 Å². The fourth-order valence-corrected chi connectivity index (χ4v) is 3.44. The highest BCUT2D eigenvalue weighted by atomic mass is 16.5. The van der Waals surface area contributed by atoms with Crippen molar-refractivity contribution in [3.63, 3.8) is 0 Å². The number of carbonyl (C=O) groups excluding carboxylic acids is 2. The van der Waals surface area contributed by atoms with Gasteiger partial charge in [-0.2, -0.15) is 4.98 Å². The van der Waals surface area contributed by atoms with Crippen LogP contribution in [0.4, 0.5) is 5.69 Å². The lowest BCUT2D eigenvalue weighted by Gasteiger charge is -2.19. The predicted octanol–water partition coefficient (Wildman–Crippen LogP) is 2.36. The molecule has 0 saturated carbocycles. The third-order valence-electron chi connectivity index (χ3n) is 4.98. The second-order valence-electron chi connectivity index (χ2n) is 6.85. The van der Waals surface area contributed by atoms with Crippen LogP contribution in [0.25, 0.3) is 11.4 Å². The second kappa shape index (κ2) is 8.22. The Hall–Kier alpha value is -3.55. The molecule has 8 heteroatoms. The fourth-order valence-electron chi connectivity index (χ4n) is 3.44. The maximum atomic E-state index is 12.6. The highest BCUT2D eigenvalue weighted by Gasteiger charge is 2.35. The number of nitrogens with one attached hydrogen (secondary N) is 1. The molecule has 1 atom stereocenters. The van der Waals surface area contributed by atoms with Crippen LogP contribution in [0, 0.1) is 5.92 Å². The Kier molecular flexibility index (Phi) is 5.33. The minimum Gasteiger partial charge on any atom is -0.347 e. The molecule has 3 heterocycles. The minimum atomic E-state index is -0.407. The van der Waals surface area contributed by atoms with Crippen LogP contribution in [0.3, 0.4) is 0 Å². The molecule has 29 heavy (non-hydrogen) atoms. The van der Waals surface area contributed by atoms with Crippen molar-refractivity contribution >= 4 is 17.5 Å². The van der Waals surface area contributed by atoms with Crippen molar-refractivity contribution in [2.45, 2.75) is 26.3 Å². The molecule has 1 N–H and O–H groups in total. The van der Waals surface area contributed by atoms with Gasteiger partial charge in [-0.3, -0.25) is 14.6 Å². The van der Waals surface area contributed by atoms with Crippen LogP contribution in [0.15, 0.2) is 53.3 Å². The maximum absolute atomic E-state index is 12.6. The van der Waals surface area contributed by atoms with Gasteiger partial charge in [0.1, 0.15) is 0 Å². The van der Waals surface area contributed by atoms with Crippen LogP contribution in [0.2, 0.25) is 0 Å². The lowest BCUT2D eigenvalue weighted by molar-refractivity contribution is -0.126. The smallest absolute Gasteiger partial charge is 0.246 e. The lowest BCUT2D eigenvalue weighted by atomic mass is 10.1. The number of pyridine rings is 1. The van der Waals surface area contributed by atoms with Gasteiger partial charge in [0.25, 0.3) is 0 Å². The molecule has 2 amide bonds. The van der Waals surface area contributed by atoms with Gasteiger partial charge in [-0.05, 0) is 30.2 Å². The van der Waals surface area contributed by atoms with E-state index in [1.165, 1.54) is 0 Å². The number of carbonyl (C=O) groups is 2. The number of nitrogens with zero attached hydrogens (tertiary/aromatic N) is 4. The molecular weight excluding hydrogens is 370 g/mol. The van der Waals surface area contributed by atoms with Gasteiger partial charge in [-0.1, -0.05) is 30.3 Å². The Labute approximate surface area is 167 Å². The molecule has 1 saturated heterocycles. The van der Waals surface area contributed by atoms with Gasteiger partial charge < -0.3 is 14.7 Å². The van der Waals surface area contributed by atoms with Crippen molar-refractivity contribution in [3.8, 4) is 11.4 Å². The monoisotopic (exact) mass is 391 g/mol. The van der Waals surface area contributed by atoms with Crippen molar-refractivity contribution < 1.29 is 14.1 Å². The normalized spacial score (nSPS) is 16.2. The van der Waals surface area contributed by atoms with E-state index in [9.17, 15) is 9.59 Å². The Balaban J connectivity index is 1.37. The van der Waals surface area contributed by atoms with E-state index in [0.29, 0.717) is 18.3 Å². The lowest BCUT2D eigenvalue weighted by Crippen LogP contribution is -2.33. The maximum Gasteiger partial charge on any atom is 0.246 e. The van der Waals surface area contributed by atoms with Gasteiger partial charge >= 0.3 is 0 Å². The molecule has 8 nitrogen and oxygen atoms in total. The summed E-state index contributed by atoms with van der Waals surface area (Å²) >= 11 is 0. The molecule has 0 radical (unpaired) electrons. The standard InChI is InChI=1S/C21H21N5O3/c1-2-14-5-3-4-6-17(14)26-13-16(11-19(26)27)21(28)23-12-18-24-20(25-29-18)15-7-9-22-10-8-15/h3-10,16H,2,11-13H2,1H3,(H,23,28). The molecule has 0 bridgehead atoms. The zero-order valence-corrected chi connectivity index (χ0v) is 16.0. The number of amides is 2. The van der Waals surface area contributed by atoms with Crippen molar-refractivity contribution in [2.75, 3.05) is 11.4 Å². The molecule has 148 valence electrons. The van der Waals surface area contributed by atoms with Gasteiger partial charge in [0, 0.05) is 36.6 Å². The summed E-state index contributed by atoms with van der Waals surface area (Å²) in [5.74, 6) is 0.106. The van der Waals surface area contributed by atoms with Gasteiger partial charge in [-0.15, -0.1) is 0 Å². The second-order valence-corrected chi connectivity index (χ2v) is 6.85. The topological polar surface area (TPSA) is 101 Å². The Morgan fingerprint density at radius 2 is 2.03 bits per heavy atom. The quantitative estimate of drug-likeness (QED) is 0.692. The summed E-state index contributed by atoms with van der Waals surface area (Å²) < 4.78 is 5.20. The average molecular weight is 391 g/mol. The van der Waals surface area contributed by atoms with E-state index in [2.05, 4.69) is 20.4 Å². The van der Waals surface area contributed by atoms with Crippen LogP contribution in [0.1, 0.15) is 24.8 Å². The number of hydrogen-bond donors (Lipinski definition) is 1. The number of hydrogen-bond acceptors (Lipinski definition) is 6. The largest absolute Gasteiger partial charge is 0.347 e. The first-order valence-electron chi connectivity index (χ1n) is 9.54. The van der Waals surface area contributed by atoms with E-state index >= 15 is 0 Å². The van der Waals surface area contributed by atoms with E-state index in [1.54, 1.807) is 29.4 Å². The summed E-state index contributed by atoms with van der Waals surface area (Å²) in [4.78, 5) is 35.0. The molecule has 4 rings (SSSR count). The number of aromatic nitrogens is 3. The minimum absolute atomic E-state index is 0.0381. The Bertz CT molecular complexity index is 1020. The molecule has 1 fully saturated rings. The average Bonchev–Trinajstić information content (AvgIpc) is 3.39. The van der Waals surface area contributed by atoms with Crippen molar-refractivity contribution in [1.82, 2.24) is 20.4 Å². The first-order chi connectivity index (χ1) is 14.2. The van der Waals surface area contributed by atoms with Crippen molar-refractivity contribution in [1.29, 1.82) is 0 Å². The van der Waals surface area contributed by atoms with Gasteiger partial charge in [0.15, 0.2) is 0 Å². The number of benzene rings is 1. The number of aryl methyl sites for hydroxylation is 1. The summed E-state index contributed by atoms with van der Waals surface area (Å²) in [6.07, 6.45) is 4.31. The van der Waals surface area contributed by atoms with Gasteiger partial charge in [0.2, 0.25) is 23.5 Å². The Morgan fingerprint density at radius 1 is 1.24 bits per heavy atom. The Morgan fingerprint density at radius 3 is 2.83 bits per heavy atom. The van der Waals surface area contributed by atoms with Crippen LogP contribution >= 0.6 is 0 Å². The van der Waals surface area contributed by atoms with E-state index in [1.807, 2.05) is 31.2 Å². The zero-order chi connectivity index (χ0) is 20.2. The van der Waals surface area contributed by atoms with Crippen LogP contribution in [0.5, 0.6) is 0 Å². The van der Waals surface area contributed by atoms with E-state index < -0.39 is 5.92 Å². The third kappa shape index (κ3) is 4.01. The summed E-state index contributed by atoms with van der Waals surface area (Å²) in [5.41, 5.74) is 2.76. The molecule has 0 spiro atoms. The van der Waals surface area contributed by atoms with Crippen molar-refractivity contribution in [2.24, 2.45) is 5.92 Å². The summed E-state index contributed by atoms with van der Waals surface area (Å²) in [5, 5.41) is 6.72. The molecule has 1 aliphatic rings. The number of rotatable bonds is 6. The van der Waals surface area contributed by atoms with Crippen molar-refractivity contribution in [3.05, 3.63) is 60.2 Å². The molecule has 2 aromatic heterocycles. The molecule has 1 aliphatic heterocycles. The van der Waals surface area contributed by atoms with E-state index in [4.69, 9.17) is 4.52 Å². The zero-order valence-electron chi connectivity index (χ0n) is 16.0. The number of anilines is 1. The first kappa shape index (κ1) is 18.8. The van der Waals surface area contributed by atoms with Crippen LogP contribution in [-0.4, -0.2) is 33.5 Å². The molecule has 1 aromatic carbocycles. The fraction of sp³-hybridized carbons (Fsp3) is 0.286. The summed E-state index contributed by atoms with van der Waals surface area (Å²) in [7, 11) is 0. The van der Waals surface area contributed by atoms with Crippen LogP contribution < -0.4 is 10.2 Å². The highest BCUT2D eigenvalue weighted by molar-refractivity contribution is 6.00. The third-order valence-corrected chi connectivity index (χ3v) is 4.98. The van der Waals surface area contributed by atoms with E-state index in [0.717, 1.165) is 23.2 Å². The molecule has 1 unspecified atom stereocenters. The summed E-state index contributed by atoms with van der Waals surface area (Å²) in [6.45, 7) is 2.54. The van der Waals surface area contributed by atoms with Gasteiger partial charge in [-0.25, -0.2) is 0 Å². The predicted molar refractivity (Wildman–Crippen MR) is 106 cm³/mol. The SMILES string of the molecule is CCc1ccccc1N1CC(C(=O)NCc2nc(-c3ccncc3)no2)CC1=O. The molecule has 3 aromatic rings. The molecular formula is C21H21N5O3. The number of para-hydroxylation sites is 1. The first-order valence-corrected chi connectivity index (χ1v) is 9.54. The highest BCUT2D eigenvalue weighted by Crippen LogP contribution is 2.28. The molecule has 0 aliphatic carbocycles. The van der Waals surface area contributed by atoms with E-state index in [-0.39, 0.29) is 24.8 Å².